The Morgan fingerprint density at radius 1 is 1.04 bits per heavy atom. The highest BCUT2D eigenvalue weighted by atomic mass is 32.1. The second kappa shape index (κ2) is 7.29. The van der Waals surface area contributed by atoms with Gasteiger partial charge in [0.25, 0.3) is 0 Å². The standard InChI is InChI=1S/C21H25NS/c1-4-8-20-21(15(2)14-22-3)18-13-17(11-12-19(18)23-20)16-9-6-5-7-10-16/h5-7,9-13,15,22H,4,8,14H2,1-3H3. The summed E-state index contributed by atoms with van der Waals surface area (Å²) in [4.78, 5) is 1.57. The minimum Gasteiger partial charge on any atom is -0.319 e. The molecule has 120 valence electrons. The van der Waals surface area contributed by atoms with E-state index in [1.807, 2.05) is 18.4 Å². The van der Waals surface area contributed by atoms with Gasteiger partial charge >= 0.3 is 0 Å². The van der Waals surface area contributed by atoms with E-state index in [0.717, 1.165) is 6.54 Å². The number of likely N-dealkylation sites (N-methyl/N-ethyl adjacent to an activating group) is 1. The Hall–Kier alpha value is -1.64. The van der Waals surface area contributed by atoms with E-state index in [1.165, 1.54) is 34.1 Å². The smallest absolute Gasteiger partial charge is 0.0349 e. The van der Waals surface area contributed by atoms with Gasteiger partial charge in [-0.15, -0.1) is 11.3 Å². The molecule has 3 aromatic rings. The molecule has 1 heterocycles. The van der Waals surface area contributed by atoms with Crippen molar-refractivity contribution in [2.24, 2.45) is 0 Å². The van der Waals surface area contributed by atoms with Crippen molar-refractivity contribution in [3.8, 4) is 11.1 Å². The van der Waals surface area contributed by atoms with Crippen molar-refractivity contribution in [1.82, 2.24) is 5.32 Å². The molecule has 0 amide bonds. The molecule has 0 aliphatic rings. The fraction of sp³-hybridized carbons (Fsp3) is 0.333. The first-order valence-corrected chi connectivity index (χ1v) is 9.31. The zero-order chi connectivity index (χ0) is 16.2. The molecular formula is C21H25NS. The third-order valence-corrected chi connectivity index (χ3v) is 5.64. The van der Waals surface area contributed by atoms with E-state index in [4.69, 9.17) is 0 Å². The number of aryl methyl sites for hydroxylation is 1. The molecule has 1 N–H and O–H groups in total. The van der Waals surface area contributed by atoms with Gasteiger partial charge in [-0.05, 0) is 53.6 Å². The van der Waals surface area contributed by atoms with Crippen LogP contribution < -0.4 is 5.32 Å². The van der Waals surface area contributed by atoms with E-state index in [1.54, 1.807) is 10.4 Å². The van der Waals surface area contributed by atoms with Crippen molar-refractivity contribution in [2.45, 2.75) is 32.6 Å². The zero-order valence-electron chi connectivity index (χ0n) is 14.2. The Morgan fingerprint density at radius 2 is 1.83 bits per heavy atom. The average molecular weight is 324 g/mol. The normalized spacial score (nSPS) is 12.7. The van der Waals surface area contributed by atoms with Gasteiger partial charge in [0.2, 0.25) is 0 Å². The predicted octanol–water partition coefficient (Wildman–Crippen LogP) is 5.84. The van der Waals surface area contributed by atoms with E-state index in [0.29, 0.717) is 5.92 Å². The van der Waals surface area contributed by atoms with Crippen LogP contribution in [0.5, 0.6) is 0 Å². The summed E-state index contributed by atoms with van der Waals surface area (Å²) in [5.74, 6) is 0.543. The molecule has 0 aliphatic carbocycles. The predicted molar refractivity (Wildman–Crippen MR) is 104 cm³/mol. The van der Waals surface area contributed by atoms with Crippen molar-refractivity contribution >= 4 is 21.4 Å². The van der Waals surface area contributed by atoms with Crippen molar-refractivity contribution in [3.63, 3.8) is 0 Å². The molecular weight excluding hydrogens is 298 g/mol. The molecule has 0 fully saturated rings. The molecule has 1 atom stereocenters. The quantitative estimate of drug-likeness (QED) is 0.600. The topological polar surface area (TPSA) is 12.0 Å². The van der Waals surface area contributed by atoms with Crippen LogP contribution in [-0.2, 0) is 6.42 Å². The van der Waals surface area contributed by atoms with Gasteiger partial charge in [-0.1, -0.05) is 56.7 Å². The fourth-order valence-electron chi connectivity index (χ4n) is 3.34. The maximum absolute atomic E-state index is 3.34. The molecule has 0 saturated carbocycles. The Kier molecular flexibility index (Phi) is 5.14. The summed E-state index contributed by atoms with van der Waals surface area (Å²) in [6.45, 7) is 5.64. The van der Waals surface area contributed by atoms with Gasteiger partial charge in [-0.25, -0.2) is 0 Å². The second-order valence-electron chi connectivity index (χ2n) is 6.22. The lowest BCUT2D eigenvalue weighted by atomic mass is 9.94. The van der Waals surface area contributed by atoms with Crippen LogP contribution in [0.2, 0.25) is 0 Å². The number of nitrogens with one attached hydrogen (secondary N) is 1. The molecule has 23 heavy (non-hydrogen) atoms. The lowest BCUT2D eigenvalue weighted by Gasteiger charge is -2.13. The van der Waals surface area contributed by atoms with E-state index in [2.05, 4.69) is 67.7 Å². The summed E-state index contributed by atoms with van der Waals surface area (Å²) in [6.07, 6.45) is 2.39. The molecule has 3 rings (SSSR count). The number of fused-ring (bicyclic) bond motifs is 1. The lowest BCUT2D eigenvalue weighted by Crippen LogP contribution is -2.15. The monoisotopic (exact) mass is 323 g/mol. The van der Waals surface area contributed by atoms with Gasteiger partial charge in [0, 0.05) is 16.1 Å². The molecule has 0 radical (unpaired) electrons. The van der Waals surface area contributed by atoms with Crippen LogP contribution in [-0.4, -0.2) is 13.6 Å². The summed E-state index contributed by atoms with van der Waals surface area (Å²) in [6, 6.07) is 17.6. The van der Waals surface area contributed by atoms with E-state index >= 15 is 0 Å². The van der Waals surface area contributed by atoms with Crippen LogP contribution in [0.1, 0.15) is 36.6 Å². The van der Waals surface area contributed by atoms with E-state index in [-0.39, 0.29) is 0 Å². The van der Waals surface area contributed by atoms with Crippen LogP contribution in [0.3, 0.4) is 0 Å². The molecule has 1 aromatic heterocycles. The zero-order valence-corrected chi connectivity index (χ0v) is 15.0. The summed E-state index contributed by atoms with van der Waals surface area (Å²) in [5, 5.41) is 4.79. The first-order valence-electron chi connectivity index (χ1n) is 8.50. The highest BCUT2D eigenvalue weighted by Crippen LogP contribution is 2.39. The molecule has 0 saturated heterocycles. The highest BCUT2D eigenvalue weighted by molar-refractivity contribution is 7.19. The number of hydrogen-bond donors (Lipinski definition) is 1. The van der Waals surface area contributed by atoms with Gasteiger partial charge in [-0.2, -0.15) is 0 Å². The largest absolute Gasteiger partial charge is 0.319 e. The van der Waals surface area contributed by atoms with Crippen LogP contribution in [0.15, 0.2) is 48.5 Å². The van der Waals surface area contributed by atoms with Crippen LogP contribution in [0.4, 0.5) is 0 Å². The number of hydrogen-bond acceptors (Lipinski definition) is 2. The van der Waals surface area contributed by atoms with Crippen molar-refractivity contribution in [2.75, 3.05) is 13.6 Å². The first kappa shape index (κ1) is 16.2. The van der Waals surface area contributed by atoms with E-state index in [9.17, 15) is 0 Å². The van der Waals surface area contributed by atoms with Crippen molar-refractivity contribution in [1.29, 1.82) is 0 Å². The van der Waals surface area contributed by atoms with Crippen LogP contribution in [0, 0.1) is 0 Å². The molecule has 1 unspecified atom stereocenters. The lowest BCUT2D eigenvalue weighted by molar-refractivity contribution is 0.677. The minimum absolute atomic E-state index is 0.543. The first-order chi connectivity index (χ1) is 11.2. The van der Waals surface area contributed by atoms with Gasteiger partial charge in [0.15, 0.2) is 0 Å². The summed E-state index contributed by atoms with van der Waals surface area (Å²) < 4.78 is 1.42. The third kappa shape index (κ3) is 3.34. The molecule has 0 bridgehead atoms. The third-order valence-electron chi connectivity index (χ3n) is 4.39. The highest BCUT2D eigenvalue weighted by Gasteiger charge is 2.17. The van der Waals surface area contributed by atoms with Gasteiger partial charge in [0.1, 0.15) is 0 Å². The van der Waals surface area contributed by atoms with E-state index < -0.39 is 0 Å². The van der Waals surface area contributed by atoms with Crippen LogP contribution >= 0.6 is 11.3 Å². The Morgan fingerprint density at radius 3 is 2.52 bits per heavy atom. The molecule has 0 spiro atoms. The van der Waals surface area contributed by atoms with Gasteiger partial charge < -0.3 is 5.32 Å². The van der Waals surface area contributed by atoms with Gasteiger partial charge in [0.05, 0.1) is 0 Å². The van der Waals surface area contributed by atoms with Crippen molar-refractivity contribution < 1.29 is 0 Å². The summed E-state index contributed by atoms with van der Waals surface area (Å²) in [5.41, 5.74) is 4.17. The van der Waals surface area contributed by atoms with Gasteiger partial charge in [-0.3, -0.25) is 0 Å². The molecule has 0 aliphatic heterocycles. The van der Waals surface area contributed by atoms with Crippen LogP contribution in [0.25, 0.3) is 21.2 Å². The number of thiophene rings is 1. The fourth-order valence-corrected chi connectivity index (χ4v) is 4.75. The minimum atomic E-state index is 0.543. The molecule has 1 nitrogen and oxygen atoms in total. The second-order valence-corrected chi connectivity index (χ2v) is 7.36. The number of benzene rings is 2. The SMILES string of the molecule is CCCc1sc2ccc(-c3ccccc3)cc2c1C(C)CNC. The Labute approximate surface area is 143 Å². The average Bonchev–Trinajstić information content (AvgIpc) is 2.93. The maximum atomic E-state index is 3.34. The summed E-state index contributed by atoms with van der Waals surface area (Å²) >= 11 is 1.98. The summed E-state index contributed by atoms with van der Waals surface area (Å²) in [7, 11) is 2.04. The number of rotatable bonds is 6. The Bertz CT molecular complexity index is 773. The molecule has 2 aromatic carbocycles. The maximum Gasteiger partial charge on any atom is 0.0349 e. The molecule has 2 heteroatoms. The Balaban J connectivity index is 2.14. The van der Waals surface area contributed by atoms with Crippen molar-refractivity contribution in [3.05, 3.63) is 59.0 Å².